The molecule has 1 spiro atoms. The Morgan fingerprint density at radius 1 is 1.19 bits per heavy atom. The lowest BCUT2D eigenvalue weighted by Crippen LogP contribution is -2.31. The molecule has 0 aromatic rings. The Morgan fingerprint density at radius 3 is 2.62 bits per heavy atom. The highest BCUT2D eigenvalue weighted by molar-refractivity contribution is 5.22. The van der Waals surface area contributed by atoms with Gasteiger partial charge in [-0.1, -0.05) is 26.0 Å². The summed E-state index contributed by atoms with van der Waals surface area (Å²) in [5.74, 6) is 3.08. The molecule has 1 aliphatic heterocycles. The van der Waals surface area contributed by atoms with Gasteiger partial charge in [-0.2, -0.15) is 0 Å². The molecular weight excluding hydrogens is 196 g/mol. The molecule has 1 heteroatoms. The van der Waals surface area contributed by atoms with Crippen LogP contribution in [0.15, 0.2) is 12.2 Å². The fourth-order valence-corrected chi connectivity index (χ4v) is 4.55. The van der Waals surface area contributed by atoms with Gasteiger partial charge in [0.05, 0.1) is 6.10 Å². The smallest absolute Gasteiger partial charge is 0.101 e. The molecule has 0 N–H and O–H groups in total. The molecule has 1 nitrogen and oxygen atoms in total. The Hall–Kier alpha value is -0.300. The van der Waals surface area contributed by atoms with Crippen molar-refractivity contribution in [2.75, 3.05) is 0 Å². The minimum Gasteiger partial charge on any atom is -0.365 e. The van der Waals surface area contributed by atoms with Crippen LogP contribution >= 0.6 is 0 Å². The second kappa shape index (κ2) is 3.35. The van der Waals surface area contributed by atoms with Gasteiger partial charge >= 0.3 is 0 Å². The molecular formula is C15H24O. The second-order valence-corrected chi connectivity index (χ2v) is 6.48. The van der Waals surface area contributed by atoms with E-state index in [9.17, 15) is 0 Å². The van der Waals surface area contributed by atoms with Gasteiger partial charge in [-0.25, -0.2) is 0 Å². The SMILES string of the molecule is C=C(C)C1CCC(C)C2CCC(C)C23OC13. The molecule has 6 atom stereocenters. The first-order valence-corrected chi connectivity index (χ1v) is 6.90. The summed E-state index contributed by atoms with van der Waals surface area (Å²) < 4.78 is 6.27. The summed E-state index contributed by atoms with van der Waals surface area (Å²) in [5, 5.41) is 0. The lowest BCUT2D eigenvalue weighted by molar-refractivity contribution is 0.151. The normalized spacial score (nSPS) is 55.1. The zero-order chi connectivity index (χ0) is 11.5. The molecule has 0 bridgehead atoms. The maximum Gasteiger partial charge on any atom is 0.101 e. The fourth-order valence-electron chi connectivity index (χ4n) is 4.55. The molecule has 3 aliphatic rings. The lowest BCUT2D eigenvalue weighted by atomic mass is 9.79. The van der Waals surface area contributed by atoms with E-state index in [1.165, 1.54) is 31.3 Å². The zero-order valence-electron chi connectivity index (χ0n) is 10.8. The van der Waals surface area contributed by atoms with Crippen LogP contribution in [0.3, 0.4) is 0 Å². The van der Waals surface area contributed by atoms with Crippen molar-refractivity contribution < 1.29 is 4.74 Å². The Labute approximate surface area is 99.3 Å². The molecule has 90 valence electrons. The van der Waals surface area contributed by atoms with Gasteiger partial charge in [0.25, 0.3) is 0 Å². The summed E-state index contributed by atoms with van der Waals surface area (Å²) in [5.41, 5.74) is 1.60. The standard InChI is InChI=1S/C15H24O/c1-9(2)12-7-5-10(3)13-8-6-11(4)15(13)14(12)16-15/h10-14H,1,5-8H2,2-4H3. The molecule has 16 heavy (non-hydrogen) atoms. The highest BCUT2D eigenvalue weighted by atomic mass is 16.6. The molecule has 0 radical (unpaired) electrons. The molecule has 2 aliphatic carbocycles. The number of ether oxygens (including phenoxy) is 1. The summed E-state index contributed by atoms with van der Waals surface area (Å²) in [7, 11) is 0. The molecule has 0 aromatic heterocycles. The first-order valence-electron chi connectivity index (χ1n) is 6.90. The maximum atomic E-state index is 6.27. The van der Waals surface area contributed by atoms with E-state index in [4.69, 9.17) is 4.74 Å². The topological polar surface area (TPSA) is 12.5 Å². The Kier molecular flexibility index (Phi) is 2.27. The highest BCUT2D eigenvalue weighted by Gasteiger charge is 2.70. The van der Waals surface area contributed by atoms with Crippen LogP contribution in [-0.2, 0) is 4.74 Å². The summed E-state index contributed by atoms with van der Waals surface area (Å²) in [4.78, 5) is 0. The number of rotatable bonds is 1. The van der Waals surface area contributed by atoms with Crippen LogP contribution in [0.5, 0.6) is 0 Å². The average molecular weight is 220 g/mol. The minimum atomic E-state index is 0.263. The number of epoxide rings is 1. The van der Waals surface area contributed by atoms with Crippen molar-refractivity contribution in [1.82, 2.24) is 0 Å². The molecule has 3 fully saturated rings. The Balaban J connectivity index is 1.93. The predicted octanol–water partition coefficient (Wildman–Crippen LogP) is 3.79. The third-order valence-electron chi connectivity index (χ3n) is 5.60. The zero-order valence-corrected chi connectivity index (χ0v) is 10.8. The van der Waals surface area contributed by atoms with Gasteiger partial charge in [0.2, 0.25) is 0 Å². The van der Waals surface area contributed by atoms with Crippen molar-refractivity contribution in [3.63, 3.8) is 0 Å². The quantitative estimate of drug-likeness (QED) is 0.484. The van der Waals surface area contributed by atoms with Crippen LogP contribution in [0.4, 0.5) is 0 Å². The molecule has 2 saturated carbocycles. The largest absolute Gasteiger partial charge is 0.365 e. The molecule has 3 rings (SSSR count). The van der Waals surface area contributed by atoms with Gasteiger partial charge < -0.3 is 4.74 Å². The third kappa shape index (κ3) is 1.21. The number of hydrogen-bond acceptors (Lipinski definition) is 1. The van der Waals surface area contributed by atoms with Crippen molar-refractivity contribution in [2.24, 2.45) is 23.7 Å². The van der Waals surface area contributed by atoms with Gasteiger partial charge in [-0.3, -0.25) is 0 Å². The maximum absolute atomic E-state index is 6.27. The van der Waals surface area contributed by atoms with Gasteiger partial charge in [0, 0.05) is 5.92 Å². The minimum absolute atomic E-state index is 0.263. The van der Waals surface area contributed by atoms with E-state index in [-0.39, 0.29) is 5.60 Å². The van der Waals surface area contributed by atoms with E-state index in [1.54, 1.807) is 0 Å². The van der Waals surface area contributed by atoms with Crippen LogP contribution in [0, 0.1) is 23.7 Å². The lowest BCUT2D eigenvalue weighted by Gasteiger charge is -2.23. The van der Waals surface area contributed by atoms with Crippen molar-refractivity contribution in [1.29, 1.82) is 0 Å². The molecule has 6 unspecified atom stereocenters. The van der Waals surface area contributed by atoms with E-state index in [0.717, 1.165) is 17.8 Å². The van der Waals surface area contributed by atoms with Gasteiger partial charge in [-0.05, 0) is 50.4 Å². The van der Waals surface area contributed by atoms with E-state index >= 15 is 0 Å². The molecule has 0 amide bonds. The Morgan fingerprint density at radius 2 is 1.94 bits per heavy atom. The average Bonchev–Trinajstić information content (AvgIpc) is 2.85. The van der Waals surface area contributed by atoms with Gasteiger partial charge in [0.15, 0.2) is 0 Å². The van der Waals surface area contributed by atoms with Crippen LogP contribution in [0.1, 0.15) is 46.5 Å². The fraction of sp³-hybridized carbons (Fsp3) is 0.867. The van der Waals surface area contributed by atoms with Gasteiger partial charge in [0.1, 0.15) is 5.60 Å². The van der Waals surface area contributed by atoms with Crippen LogP contribution in [0.2, 0.25) is 0 Å². The van der Waals surface area contributed by atoms with E-state index in [2.05, 4.69) is 27.4 Å². The van der Waals surface area contributed by atoms with Crippen LogP contribution in [-0.4, -0.2) is 11.7 Å². The molecule has 0 aromatic carbocycles. The van der Waals surface area contributed by atoms with E-state index in [0.29, 0.717) is 12.0 Å². The summed E-state index contributed by atoms with van der Waals surface area (Å²) in [6.45, 7) is 11.2. The predicted molar refractivity (Wildman–Crippen MR) is 66.2 cm³/mol. The monoisotopic (exact) mass is 220 g/mol. The van der Waals surface area contributed by atoms with Crippen molar-refractivity contribution in [2.45, 2.75) is 58.2 Å². The van der Waals surface area contributed by atoms with Crippen molar-refractivity contribution in [3.05, 3.63) is 12.2 Å². The van der Waals surface area contributed by atoms with E-state index < -0.39 is 0 Å². The second-order valence-electron chi connectivity index (χ2n) is 6.48. The third-order valence-corrected chi connectivity index (χ3v) is 5.60. The first-order chi connectivity index (χ1) is 7.57. The summed E-state index contributed by atoms with van der Waals surface area (Å²) in [6, 6.07) is 0. The van der Waals surface area contributed by atoms with Gasteiger partial charge in [-0.15, -0.1) is 0 Å². The van der Waals surface area contributed by atoms with Crippen molar-refractivity contribution in [3.8, 4) is 0 Å². The highest BCUT2D eigenvalue weighted by Crippen LogP contribution is 2.64. The Bertz CT molecular complexity index is 321. The van der Waals surface area contributed by atoms with E-state index in [1.807, 2.05) is 0 Å². The molecule has 1 heterocycles. The number of hydrogen-bond donors (Lipinski definition) is 0. The summed E-state index contributed by atoms with van der Waals surface area (Å²) in [6.07, 6.45) is 5.94. The van der Waals surface area contributed by atoms with Crippen molar-refractivity contribution >= 4 is 0 Å². The van der Waals surface area contributed by atoms with Crippen LogP contribution < -0.4 is 0 Å². The molecule has 1 saturated heterocycles. The van der Waals surface area contributed by atoms with Crippen LogP contribution in [0.25, 0.3) is 0 Å². The first kappa shape index (κ1) is 10.8. The summed E-state index contributed by atoms with van der Waals surface area (Å²) >= 11 is 0.